The smallest absolute Gasteiger partial charge is 0.195 e. The molecule has 0 aliphatic heterocycles. The lowest BCUT2D eigenvalue weighted by molar-refractivity contribution is 0.632. The van der Waals surface area contributed by atoms with Crippen LogP contribution in [0.1, 0.15) is 12.8 Å². The summed E-state index contributed by atoms with van der Waals surface area (Å²) >= 11 is 7.15. The maximum absolute atomic E-state index is 5.27. The van der Waals surface area contributed by atoms with Crippen molar-refractivity contribution in [1.29, 1.82) is 0 Å². The fourth-order valence-corrected chi connectivity index (χ4v) is 2.48. The van der Waals surface area contributed by atoms with Gasteiger partial charge in [-0.2, -0.15) is 16.9 Å². The van der Waals surface area contributed by atoms with Crippen molar-refractivity contribution in [2.24, 2.45) is 0 Å². The molecule has 2 aromatic rings. The Morgan fingerprint density at radius 3 is 2.83 bits per heavy atom. The second-order valence-electron chi connectivity index (χ2n) is 3.94. The third kappa shape index (κ3) is 3.20. The van der Waals surface area contributed by atoms with Gasteiger partial charge in [0.25, 0.3) is 0 Å². The maximum Gasteiger partial charge on any atom is 0.195 e. The van der Waals surface area contributed by atoms with E-state index in [4.69, 9.17) is 12.2 Å². The summed E-state index contributed by atoms with van der Waals surface area (Å²) in [6.07, 6.45) is 7.98. The first-order chi connectivity index (χ1) is 8.83. The monoisotopic (exact) mass is 280 g/mol. The highest BCUT2D eigenvalue weighted by Crippen LogP contribution is 2.16. The third-order valence-electron chi connectivity index (χ3n) is 2.68. The molecule has 2 rings (SSSR count). The molecule has 0 unspecified atom stereocenters. The van der Waals surface area contributed by atoms with Crippen LogP contribution >= 0.6 is 24.0 Å². The van der Waals surface area contributed by atoms with Gasteiger partial charge in [0.2, 0.25) is 0 Å². The molecule has 0 amide bonds. The predicted octanol–water partition coefficient (Wildman–Crippen LogP) is 3.15. The number of unbranched alkanes of at least 4 members (excludes halogenated alkanes) is 1. The standard InChI is InChI=1S/C12H16N4S2/c1-18-9-3-2-8-16-11(14-15-12(16)17)10-4-6-13-7-5-10/h4-7H,2-3,8-9H2,1H3,(H,15,17). The highest BCUT2D eigenvalue weighted by Gasteiger charge is 2.07. The van der Waals surface area contributed by atoms with Crippen molar-refractivity contribution in [2.45, 2.75) is 19.4 Å². The van der Waals surface area contributed by atoms with Gasteiger partial charge in [-0.25, -0.2) is 0 Å². The van der Waals surface area contributed by atoms with Gasteiger partial charge in [-0.1, -0.05) is 0 Å². The molecule has 0 saturated heterocycles. The summed E-state index contributed by atoms with van der Waals surface area (Å²) in [5.41, 5.74) is 1.04. The lowest BCUT2D eigenvalue weighted by Gasteiger charge is -2.06. The summed E-state index contributed by atoms with van der Waals surface area (Å²) < 4.78 is 2.75. The number of aromatic amines is 1. The number of rotatable bonds is 6. The average molecular weight is 280 g/mol. The molecule has 0 bridgehead atoms. The van der Waals surface area contributed by atoms with Gasteiger partial charge in [-0.05, 0) is 49.2 Å². The van der Waals surface area contributed by atoms with Crippen molar-refractivity contribution in [2.75, 3.05) is 12.0 Å². The van der Waals surface area contributed by atoms with Gasteiger partial charge in [0, 0.05) is 24.5 Å². The van der Waals surface area contributed by atoms with E-state index in [1.807, 2.05) is 23.9 Å². The van der Waals surface area contributed by atoms with Crippen LogP contribution in [0.3, 0.4) is 0 Å². The molecule has 0 aliphatic rings. The normalized spacial score (nSPS) is 10.7. The highest BCUT2D eigenvalue weighted by atomic mass is 32.2. The molecular weight excluding hydrogens is 264 g/mol. The Morgan fingerprint density at radius 2 is 2.11 bits per heavy atom. The predicted molar refractivity (Wildman–Crippen MR) is 78.3 cm³/mol. The number of nitrogens with one attached hydrogen (secondary N) is 1. The van der Waals surface area contributed by atoms with E-state index in [-0.39, 0.29) is 0 Å². The molecule has 0 atom stereocenters. The van der Waals surface area contributed by atoms with Crippen molar-refractivity contribution in [1.82, 2.24) is 19.7 Å². The van der Waals surface area contributed by atoms with Crippen LogP contribution in [0.15, 0.2) is 24.5 Å². The van der Waals surface area contributed by atoms with E-state index in [9.17, 15) is 0 Å². The first kappa shape index (κ1) is 13.3. The van der Waals surface area contributed by atoms with Crippen LogP contribution in [0.5, 0.6) is 0 Å². The van der Waals surface area contributed by atoms with Gasteiger partial charge in [0.05, 0.1) is 0 Å². The van der Waals surface area contributed by atoms with Crippen molar-refractivity contribution in [3.63, 3.8) is 0 Å². The second kappa shape index (κ2) is 6.70. The van der Waals surface area contributed by atoms with E-state index < -0.39 is 0 Å². The van der Waals surface area contributed by atoms with E-state index in [0.717, 1.165) is 24.4 Å². The van der Waals surface area contributed by atoms with E-state index in [1.165, 1.54) is 12.2 Å². The minimum absolute atomic E-state index is 0.686. The van der Waals surface area contributed by atoms with Crippen LogP contribution in [0.2, 0.25) is 0 Å². The molecule has 0 aliphatic carbocycles. The summed E-state index contributed by atoms with van der Waals surface area (Å²) in [6.45, 7) is 0.910. The average Bonchev–Trinajstić information content (AvgIpc) is 2.77. The van der Waals surface area contributed by atoms with E-state index in [2.05, 4.69) is 26.0 Å². The zero-order valence-corrected chi connectivity index (χ0v) is 11.9. The molecule has 1 N–H and O–H groups in total. The fourth-order valence-electron chi connectivity index (χ4n) is 1.76. The van der Waals surface area contributed by atoms with Crippen LogP contribution in [-0.4, -0.2) is 31.8 Å². The SMILES string of the molecule is CSCCCCn1c(-c2ccncc2)n[nH]c1=S. The Balaban J connectivity index is 2.15. The van der Waals surface area contributed by atoms with E-state index >= 15 is 0 Å². The summed E-state index contributed by atoms with van der Waals surface area (Å²) in [7, 11) is 0. The molecule has 2 aromatic heterocycles. The zero-order valence-electron chi connectivity index (χ0n) is 10.3. The molecule has 6 heteroatoms. The van der Waals surface area contributed by atoms with Gasteiger partial charge in [-0.3, -0.25) is 10.1 Å². The first-order valence-electron chi connectivity index (χ1n) is 5.87. The number of aromatic nitrogens is 4. The lowest BCUT2D eigenvalue weighted by atomic mass is 10.2. The van der Waals surface area contributed by atoms with Crippen LogP contribution in [0.4, 0.5) is 0 Å². The molecule has 2 heterocycles. The Bertz CT molecular complexity index is 533. The van der Waals surface area contributed by atoms with Gasteiger partial charge in [-0.15, -0.1) is 0 Å². The summed E-state index contributed by atoms with van der Waals surface area (Å²) in [4.78, 5) is 4.02. The molecule has 0 aromatic carbocycles. The van der Waals surface area contributed by atoms with Crippen molar-refractivity contribution in [3.05, 3.63) is 29.3 Å². The summed E-state index contributed by atoms with van der Waals surface area (Å²) in [6, 6.07) is 3.90. The number of pyridine rings is 1. The fraction of sp³-hybridized carbons (Fsp3) is 0.417. The van der Waals surface area contributed by atoms with Crippen LogP contribution in [-0.2, 0) is 6.54 Å². The summed E-state index contributed by atoms with van der Waals surface area (Å²) in [5, 5.41) is 7.16. The van der Waals surface area contributed by atoms with Crippen molar-refractivity contribution >= 4 is 24.0 Å². The van der Waals surface area contributed by atoms with Crippen molar-refractivity contribution in [3.8, 4) is 11.4 Å². The van der Waals surface area contributed by atoms with Gasteiger partial charge < -0.3 is 4.57 Å². The van der Waals surface area contributed by atoms with Crippen LogP contribution in [0, 0.1) is 4.77 Å². The lowest BCUT2D eigenvalue weighted by Crippen LogP contribution is -2.01. The second-order valence-corrected chi connectivity index (χ2v) is 5.31. The Labute approximate surface area is 116 Å². The molecular formula is C12H16N4S2. The van der Waals surface area contributed by atoms with E-state index in [1.54, 1.807) is 12.4 Å². The molecule has 0 saturated carbocycles. The minimum Gasteiger partial charge on any atom is -0.300 e. The summed E-state index contributed by atoms with van der Waals surface area (Å²) in [5.74, 6) is 2.09. The molecule has 96 valence electrons. The Morgan fingerprint density at radius 1 is 1.33 bits per heavy atom. The van der Waals surface area contributed by atoms with Crippen LogP contribution in [0.25, 0.3) is 11.4 Å². The van der Waals surface area contributed by atoms with E-state index in [0.29, 0.717) is 4.77 Å². The minimum atomic E-state index is 0.686. The van der Waals surface area contributed by atoms with Crippen molar-refractivity contribution < 1.29 is 0 Å². The first-order valence-corrected chi connectivity index (χ1v) is 7.67. The van der Waals surface area contributed by atoms with Gasteiger partial charge >= 0.3 is 0 Å². The quantitative estimate of drug-likeness (QED) is 0.652. The number of hydrogen-bond acceptors (Lipinski definition) is 4. The molecule has 0 fully saturated rings. The number of H-pyrrole nitrogens is 1. The maximum atomic E-state index is 5.27. The molecule has 4 nitrogen and oxygen atoms in total. The molecule has 0 radical (unpaired) electrons. The largest absolute Gasteiger partial charge is 0.300 e. The Hall–Kier alpha value is -1.14. The number of thioether (sulfide) groups is 1. The molecule has 18 heavy (non-hydrogen) atoms. The number of hydrogen-bond donors (Lipinski definition) is 1. The topological polar surface area (TPSA) is 46.5 Å². The number of nitrogens with zero attached hydrogens (tertiary/aromatic N) is 3. The van der Waals surface area contributed by atoms with Crippen LogP contribution < -0.4 is 0 Å². The Kier molecular flexibility index (Phi) is 4.95. The third-order valence-corrected chi connectivity index (χ3v) is 3.69. The van der Waals surface area contributed by atoms with Gasteiger partial charge in [0.1, 0.15) is 0 Å². The highest BCUT2D eigenvalue weighted by molar-refractivity contribution is 7.98. The van der Waals surface area contributed by atoms with Gasteiger partial charge in [0.15, 0.2) is 10.6 Å². The molecule has 0 spiro atoms. The zero-order chi connectivity index (χ0) is 12.8.